The third kappa shape index (κ3) is 3.55. The highest BCUT2D eigenvalue weighted by molar-refractivity contribution is 6.00. The average Bonchev–Trinajstić information content (AvgIpc) is 3.10. The summed E-state index contributed by atoms with van der Waals surface area (Å²) in [6.07, 6.45) is 0. The lowest BCUT2D eigenvalue weighted by Gasteiger charge is -2.12. The normalized spacial score (nSPS) is 10.8. The average molecular weight is 402 g/mol. The highest BCUT2D eigenvalue weighted by Gasteiger charge is 2.15. The van der Waals surface area contributed by atoms with E-state index in [9.17, 15) is 19.5 Å². The summed E-state index contributed by atoms with van der Waals surface area (Å²) in [7, 11) is 0. The first-order valence-electron chi connectivity index (χ1n) is 9.07. The number of aromatic nitrogens is 4. The summed E-state index contributed by atoms with van der Waals surface area (Å²) in [5, 5.41) is 22.7. The summed E-state index contributed by atoms with van der Waals surface area (Å²) in [6, 6.07) is 17.1. The van der Waals surface area contributed by atoms with Gasteiger partial charge in [-0.1, -0.05) is 36.4 Å². The number of nitrogens with zero attached hydrogens (tertiary/aromatic N) is 4. The number of carbonyl (C=O) groups excluding carboxylic acids is 2. The van der Waals surface area contributed by atoms with Gasteiger partial charge in [0.15, 0.2) is 0 Å². The van der Waals surface area contributed by atoms with Crippen molar-refractivity contribution in [2.45, 2.75) is 13.5 Å². The van der Waals surface area contributed by atoms with Gasteiger partial charge in [-0.3, -0.25) is 9.59 Å². The predicted octanol–water partition coefficient (Wildman–Crippen LogP) is 0.893. The number of anilines is 1. The first-order chi connectivity index (χ1) is 14.4. The fourth-order valence-corrected chi connectivity index (χ4v) is 3.17. The Balaban J connectivity index is 1.66. The Morgan fingerprint density at radius 1 is 1.00 bits per heavy atom. The van der Waals surface area contributed by atoms with Gasteiger partial charge in [0, 0.05) is 11.5 Å². The van der Waals surface area contributed by atoms with Crippen LogP contribution in [0.2, 0.25) is 0 Å². The molecule has 0 aliphatic rings. The molecule has 9 heteroatoms. The Morgan fingerprint density at radius 3 is 2.37 bits per heavy atom. The lowest BCUT2D eigenvalue weighted by atomic mass is 10.1. The monoisotopic (exact) mass is 402 g/mol. The van der Waals surface area contributed by atoms with Crippen molar-refractivity contribution in [3.63, 3.8) is 0 Å². The number of aromatic carboxylic acids is 1. The van der Waals surface area contributed by atoms with Gasteiger partial charge in [0.2, 0.25) is 5.91 Å². The molecule has 2 aromatic heterocycles. The number of carbonyl (C=O) groups is 2. The summed E-state index contributed by atoms with van der Waals surface area (Å²) in [4.78, 5) is 36.8. The molecule has 0 saturated carbocycles. The van der Waals surface area contributed by atoms with Crippen LogP contribution in [0.1, 0.15) is 16.2 Å². The van der Waals surface area contributed by atoms with Crippen LogP contribution in [-0.2, 0) is 11.3 Å². The largest absolute Gasteiger partial charge is 0.543 e. The molecule has 1 amide bonds. The quantitative estimate of drug-likeness (QED) is 0.529. The van der Waals surface area contributed by atoms with Gasteiger partial charge in [-0.15, -0.1) is 0 Å². The summed E-state index contributed by atoms with van der Waals surface area (Å²) < 4.78 is 2.38. The minimum Gasteiger partial charge on any atom is -0.543 e. The Morgan fingerprint density at radius 2 is 1.67 bits per heavy atom. The van der Waals surface area contributed by atoms with Gasteiger partial charge in [-0.25, -0.2) is 9.36 Å². The van der Waals surface area contributed by atoms with E-state index in [0.29, 0.717) is 11.5 Å². The number of benzene rings is 2. The van der Waals surface area contributed by atoms with E-state index in [-0.39, 0.29) is 10.8 Å². The molecular formula is C21H16N5O4-. The van der Waals surface area contributed by atoms with Gasteiger partial charge < -0.3 is 15.2 Å². The number of rotatable bonds is 5. The van der Waals surface area contributed by atoms with Crippen LogP contribution in [0.4, 0.5) is 5.82 Å². The number of hydrogen-bond acceptors (Lipinski definition) is 6. The molecule has 0 radical (unpaired) electrons. The van der Waals surface area contributed by atoms with Crippen LogP contribution in [0.5, 0.6) is 0 Å². The fraction of sp³-hybridized carbons (Fsp3) is 0.0952. The van der Waals surface area contributed by atoms with Crippen LogP contribution >= 0.6 is 0 Å². The van der Waals surface area contributed by atoms with E-state index < -0.39 is 29.7 Å². The number of para-hydroxylation sites is 1. The van der Waals surface area contributed by atoms with Crippen LogP contribution < -0.4 is 16.0 Å². The van der Waals surface area contributed by atoms with Gasteiger partial charge in [0.05, 0.1) is 22.7 Å². The Hall–Kier alpha value is -4.27. The van der Waals surface area contributed by atoms with E-state index in [1.165, 1.54) is 12.1 Å². The molecule has 0 saturated heterocycles. The maximum absolute atomic E-state index is 12.7. The van der Waals surface area contributed by atoms with Gasteiger partial charge in [-0.05, 0) is 25.1 Å². The predicted molar refractivity (Wildman–Crippen MR) is 107 cm³/mol. The van der Waals surface area contributed by atoms with Crippen LogP contribution in [0.15, 0.2) is 65.5 Å². The van der Waals surface area contributed by atoms with Crippen LogP contribution in [0, 0.1) is 6.92 Å². The van der Waals surface area contributed by atoms with E-state index in [1.807, 2.05) is 30.3 Å². The minimum absolute atomic E-state index is 0.143. The second-order valence-corrected chi connectivity index (χ2v) is 6.61. The number of nitrogens with one attached hydrogen (secondary N) is 1. The fourth-order valence-electron chi connectivity index (χ4n) is 3.17. The molecule has 4 aromatic rings. The van der Waals surface area contributed by atoms with E-state index in [0.717, 1.165) is 10.4 Å². The molecule has 9 nitrogen and oxygen atoms in total. The summed E-state index contributed by atoms with van der Waals surface area (Å²) in [6.45, 7) is 1.32. The maximum atomic E-state index is 12.7. The molecular weight excluding hydrogens is 386 g/mol. The molecule has 0 fully saturated rings. The molecule has 0 aliphatic heterocycles. The molecule has 2 heterocycles. The number of aryl methyl sites for hydroxylation is 1. The molecule has 0 atom stereocenters. The van der Waals surface area contributed by atoms with Crippen molar-refractivity contribution >= 4 is 28.5 Å². The first-order valence-corrected chi connectivity index (χ1v) is 9.07. The zero-order valence-electron chi connectivity index (χ0n) is 15.9. The van der Waals surface area contributed by atoms with Gasteiger partial charge in [0.1, 0.15) is 18.1 Å². The van der Waals surface area contributed by atoms with E-state index in [4.69, 9.17) is 0 Å². The second kappa shape index (κ2) is 7.63. The molecule has 0 bridgehead atoms. The molecule has 150 valence electrons. The zero-order chi connectivity index (χ0) is 21.3. The molecule has 1 N–H and O–H groups in total. The van der Waals surface area contributed by atoms with Gasteiger partial charge in [-0.2, -0.15) is 10.2 Å². The Labute approximate surface area is 170 Å². The topological polar surface area (TPSA) is 122 Å². The number of carboxylic acid groups (broad SMARTS) is 1. The van der Waals surface area contributed by atoms with Crippen molar-refractivity contribution in [3.8, 4) is 5.69 Å². The molecule has 0 unspecified atom stereocenters. The lowest BCUT2D eigenvalue weighted by molar-refractivity contribution is -0.255. The van der Waals surface area contributed by atoms with Crippen molar-refractivity contribution in [1.29, 1.82) is 0 Å². The molecule has 0 aliphatic carbocycles. The third-order valence-electron chi connectivity index (χ3n) is 4.45. The summed E-state index contributed by atoms with van der Waals surface area (Å²) in [5.41, 5.74) is 0.470. The van der Waals surface area contributed by atoms with E-state index in [2.05, 4.69) is 15.5 Å². The van der Waals surface area contributed by atoms with Crippen molar-refractivity contribution < 1.29 is 14.7 Å². The summed E-state index contributed by atoms with van der Waals surface area (Å²) in [5.74, 6) is -1.67. The van der Waals surface area contributed by atoms with Crippen LogP contribution in [0.25, 0.3) is 16.5 Å². The summed E-state index contributed by atoms with van der Waals surface area (Å²) >= 11 is 0. The van der Waals surface area contributed by atoms with Crippen molar-refractivity contribution in [2.75, 3.05) is 5.32 Å². The number of carboxylic acids is 1. The highest BCUT2D eigenvalue weighted by Crippen LogP contribution is 2.17. The minimum atomic E-state index is -1.53. The number of hydrogen-bond donors (Lipinski definition) is 1. The maximum Gasteiger partial charge on any atom is 0.275 e. The van der Waals surface area contributed by atoms with Gasteiger partial charge >= 0.3 is 0 Å². The number of amides is 1. The Bertz CT molecular complexity index is 1320. The lowest BCUT2D eigenvalue weighted by Crippen LogP contribution is -2.34. The number of fused-ring (bicyclic) bond motifs is 1. The Kier molecular flexibility index (Phi) is 4.85. The first kappa shape index (κ1) is 19.1. The van der Waals surface area contributed by atoms with E-state index in [1.54, 1.807) is 29.8 Å². The van der Waals surface area contributed by atoms with Crippen molar-refractivity contribution in [1.82, 2.24) is 19.6 Å². The second-order valence-electron chi connectivity index (χ2n) is 6.61. The van der Waals surface area contributed by atoms with Crippen molar-refractivity contribution in [3.05, 3.63) is 82.4 Å². The third-order valence-corrected chi connectivity index (χ3v) is 4.45. The standard InChI is InChI=1S/C21H17N5O4/c1-13-11-17(26(23-13)14-7-3-2-4-8-14)22-18(27)12-25-20(28)16-10-6-5-9-15(16)19(24-25)21(29)30/h2-11H,12H2,1H3,(H,22,27)(H,29,30)/p-1. The van der Waals surface area contributed by atoms with Crippen LogP contribution in [-0.4, -0.2) is 31.4 Å². The molecule has 30 heavy (non-hydrogen) atoms. The molecule has 4 rings (SSSR count). The van der Waals surface area contributed by atoms with Gasteiger partial charge in [0.25, 0.3) is 5.56 Å². The van der Waals surface area contributed by atoms with Crippen LogP contribution in [0.3, 0.4) is 0 Å². The molecule has 2 aromatic carbocycles. The molecule has 0 spiro atoms. The highest BCUT2D eigenvalue weighted by atomic mass is 16.4. The zero-order valence-corrected chi connectivity index (χ0v) is 15.9. The van der Waals surface area contributed by atoms with Crippen molar-refractivity contribution in [2.24, 2.45) is 0 Å². The smallest absolute Gasteiger partial charge is 0.275 e. The van der Waals surface area contributed by atoms with E-state index >= 15 is 0 Å². The SMILES string of the molecule is Cc1cc(NC(=O)Cn2nc(C(=O)[O-])c3ccccc3c2=O)n(-c2ccccc2)n1.